The molecule has 15 heavy (non-hydrogen) atoms. The van der Waals surface area contributed by atoms with Crippen LogP contribution in [0, 0.1) is 6.92 Å². The van der Waals surface area contributed by atoms with E-state index in [1.54, 1.807) is 18.4 Å². The molecule has 0 aliphatic heterocycles. The number of rotatable bonds is 3. The molecule has 2 rings (SSSR count). The molecule has 0 saturated heterocycles. The van der Waals surface area contributed by atoms with Crippen LogP contribution in [0.4, 0.5) is 0 Å². The maximum Gasteiger partial charge on any atom is 0.134 e. The molecule has 0 saturated carbocycles. The van der Waals surface area contributed by atoms with Gasteiger partial charge in [0.25, 0.3) is 0 Å². The van der Waals surface area contributed by atoms with Crippen LogP contribution in [0.3, 0.4) is 0 Å². The molecule has 0 aliphatic carbocycles. The van der Waals surface area contributed by atoms with E-state index in [0.717, 1.165) is 10.6 Å². The molecule has 3 heteroatoms. The number of benzene rings is 1. The highest BCUT2D eigenvalue weighted by Gasteiger charge is 2.15. The van der Waals surface area contributed by atoms with Crippen molar-refractivity contribution < 1.29 is 4.74 Å². The Labute approximate surface area is 93.6 Å². The van der Waals surface area contributed by atoms with Crippen LogP contribution in [-0.4, -0.2) is 12.1 Å². The number of hydrogen-bond donors (Lipinski definition) is 0. The minimum absolute atomic E-state index is 0.0371. The van der Waals surface area contributed by atoms with Crippen LogP contribution in [-0.2, 0) is 4.74 Å². The van der Waals surface area contributed by atoms with Crippen molar-refractivity contribution in [3.63, 3.8) is 0 Å². The normalized spacial score (nSPS) is 12.7. The molecule has 0 aliphatic rings. The molecule has 0 radical (unpaired) electrons. The fourth-order valence-electron chi connectivity index (χ4n) is 1.50. The Morgan fingerprint density at radius 2 is 2.00 bits per heavy atom. The summed E-state index contributed by atoms with van der Waals surface area (Å²) in [4.78, 5) is 5.57. The molecule has 0 N–H and O–H groups in total. The van der Waals surface area contributed by atoms with Gasteiger partial charge in [-0.2, -0.15) is 0 Å². The van der Waals surface area contributed by atoms with Crippen molar-refractivity contribution in [3.8, 4) is 0 Å². The predicted molar refractivity (Wildman–Crippen MR) is 62.1 cm³/mol. The molecule has 0 fully saturated rings. The number of ether oxygens (including phenoxy) is 1. The Hall–Kier alpha value is -1.19. The fourth-order valence-corrected chi connectivity index (χ4v) is 2.38. The van der Waals surface area contributed by atoms with Gasteiger partial charge in [0, 0.05) is 18.2 Å². The summed E-state index contributed by atoms with van der Waals surface area (Å²) >= 11 is 1.68. The van der Waals surface area contributed by atoms with Crippen molar-refractivity contribution in [2.75, 3.05) is 7.11 Å². The molecule has 1 atom stereocenters. The van der Waals surface area contributed by atoms with Gasteiger partial charge in [-0.15, -0.1) is 11.3 Å². The van der Waals surface area contributed by atoms with E-state index in [-0.39, 0.29) is 6.10 Å². The van der Waals surface area contributed by atoms with E-state index < -0.39 is 0 Å². The van der Waals surface area contributed by atoms with Crippen LogP contribution in [0.25, 0.3) is 0 Å². The number of methoxy groups -OCH3 is 1. The Balaban J connectivity index is 2.33. The van der Waals surface area contributed by atoms with Crippen LogP contribution >= 0.6 is 11.3 Å². The molecule has 0 spiro atoms. The van der Waals surface area contributed by atoms with E-state index in [4.69, 9.17) is 4.74 Å². The van der Waals surface area contributed by atoms with Gasteiger partial charge in [-0.05, 0) is 12.5 Å². The molecule has 2 nitrogen and oxygen atoms in total. The summed E-state index contributed by atoms with van der Waals surface area (Å²) < 4.78 is 5.48. The third-order valence-electron chi connectivity index (χ3n) is 2.20. The zero-order valence-corrected chi connectivity index (χ0v) is 9.62. The predicted octanol–water partition coefficient (Wildman–Crippen LogP) is 3.19. The maximum atomic E-state index is 5.48. The summed E-state index contributed by atoms with van der Waals surface area (Å²) in [6.07, 6.45) is 1.85. The molecule has 0 bridgehead atoms. The second-order valence-corrected chi connectivity index (χ2v) is 4.60. The average Bonchev–Trinajstić information content (AvgIpc) is 2.68. The molecule has 1 heterocycles. The van der Waals surface area contributed by atoms with Crippen molar-refractivity contribution in [2.45, 2.75) is 13.0 Å². The Bertz CT molecular complexity index is 424. The van der Waals surface area contributed by atoms with E-state index in [2.05, 4.69) is 24.0 Å². The minimum Gasteiger partial charge on any atom is -0.370 e. The van der Waals surface area contributed by atoms with Gasteiger partial charge in [-0.3, -0.25) is 0 Å². The monoisotopic (exact) mass is 219 g/mol. The lowest BCUT2D eigenvalue weighted by Crippen LogP contribution is -2.02. The largest absolute Gasteiger partial charge is 0.370 e. The highest BCUT2D eigenvalue weighted by molar-refractivity contribution is 7.11. The molecule has 1 aromatic heterocycles. The summed E-state index contributed by atoms with van der Waals surface area (Å²) in [6, 6.07) is 10.2. The van der Waals surface area contributed by atoms with Crippen molar-refractivity contribution in [1.29, 1.82) is 0 Å². The standard InChI is InChI=1S/C12H13NOS/c1-9-8-13-12(15-9)11(14-2)10-6-4-3-5-7-10/h3-8,11H,1-2H3. The summed E-state index contributed by atoms with van der Waals surface area (Å²) in [6.45, 7) is 2.05. The SMILES string of the molecule is COC(c1ccccc1)c1ncc(C)s1. The van der Waals surface area contributed by atoms with Crippen molar-refractivity contribution in [1.82, 2.24) is 4.98 Å². The van der Waals surface area contributed by atoms with E-state index in [9.17, 15) is 0 Å². The lowest BCUT2D eigenvalue weighted by molar-refractivity contribution is 0.136. The highest BCUT2D eigenvalue weighted by atomic mass is 32.1. The Kier molecular flexibility index (Phi) is 3.14. The van der Waals surface area contributed by atoms with Crippen molar-refractivity contribution >= 4 is 11.3 Å². The van der Waals surface area contributed by atoms with Crippen molar-refractivity contribution in [3.05, 3.63) is 52.0 Å². The smallest absolute Gasteiger partial charge is 0.134 e. The van der Waals surface area contributed by atoms with E-state index >= 15 is 0 Å². The van der Waals surface area contributed by atoms with Gasteiger partial charge in [0.15, 0.2) is 0 Å². The quantitative estimate of drug-likeness (QED) is 0.791. The lowest BCUT2D eigenvalue weighted by Gasteiger charge is -2.12. The van der Waals surface area contributed by atoms with Crippen LogP contribution in [0.2, 0.25) is 0 Å². The Morgan fingerprint density at radius 1 is 1.27 bits per heavy atom. The van der Waals surface area contributed by atoms with Crippen LogP contribution in [0.15, 0.2) is 36.5 Å². The molecule has 1 unspecified atom stereocenters. The number of nitrogens with zero attached hydrogens (tertiary/aromatic N) is 1. The minimum atomic E-state index is -0.0371. The first kappa shape index (κ1) is 10.3. The summed E-state index contributed by atoms with van der Waals surface area (Å²) in [5, 5.41) is 1.02. The van der Waals surface area contributed by atoms with Crippen LogP contribution in [0.5, 0.6) is 0 Å². The Morgan fingerprint density at radius 3 is 2.53 bits per heavy atom. The van der Waals surface area contributed by atoms with Gasteiger partial charge in [0.1, 0.15) is 11.1 Å². The third kappa shape index (κ3) is 2.25. The zero-order valence-electron chi connectivity index (χ0n) is 8.81. The first-order chi connectivity index (χ1) is 7.31. The lowest BCUT2D eigenvalue weighted by atomic mass is 10.1. The van der Waals surface area contributed by atoms with Gasteiger partial charge >= 0.3 is 0 Å². The summed E-state index contributed by atoms with van der Waals surface area (Å²) in [5.41, 5.74) is 1.15. The molecule has 78 valence electrons. The van der Waals surface area contributed by atoms with Gasteiger partial charge in [-0.25, -0.2) is 4.98 Å². The average molecular weight is 219 g/mol. The molecule has 2 aromatic rings. The molecule has 0 amide bonds. The zero-order chi connectivity index (χ0) is 10.7. The fraction of sp³-hybridized carbons (Fsp3) is 0.250. The first-order valence-electron chi connectivity index (χ1n) is 4.81. The van der Waals surface area contributed by atoms with Gasteiger partial charge in [0.05, 0.1) is 0 Å². The number of aryl methyl sites for hydroxylation is 1. The number of thiazole rings is 1. The van der Waals surface area contributed by atoms with E-state index in [1.807, 2.05) is 24.4 Å². The molecule has 1 aromatic carbocycles. The molecular formula is C12H13NOS. The summed E-state index contributed by atoms with van der Waals surface area (Å²) in [5.74, 6) is 0. The summed E-state index contributed by atoms with van der Waals surface area (Å²) in [7, 11) is 1.72. The van der Waals surface area contributed by atoms with E-state index in [1.165, 1.54) is 4.88 Å². The van der Waals surface area contributed by atoms with Crippen LogP contribution in [0.1, 0.15) is 21.6 Å². The number of aromatic nitrogens is 1. The second kappa shape index (κ2) is 4.55. The first-order valence-corrected chi connectivity index (χ1v) is 5.63. The van der Waals surface area contributed by atoms with E-state index in [0.29, 0.717) is 0 Å². The number of hydrogen-bond acceptors (Lipinski definition) is 3. The topological polar surface area (TPSA) is 22.1 Å². The van der Waals surface area contributed by atoms with Gasteiger partial charge in [0.2, 0.25) is 0 Å². The maximum absolute atomic E-state index is 5.48. The van der Waals surface area contributed by atoms with Crippen LogP contribution < -0.4 is 0 Å². The highest BCUT2D eigenvalue weighted by Crippen LogP contribution is 2.28. The molecular weight excluding hydrogens is 206 g/mol. The third-order valence-corrected chi connectivity index (χ3v) is 3.16. The van der Waals surface area contributed by atoms with Gasteiger partial charge in [-0.1, -0.05) is 30.3 Å². The van der Waals surface area contributed by atoms with Gasteiger partial charge < -0.3 is 4.74 Å². The van der Waals surface area contributed by atoms with Crippen molar-refractivity contribution in [2.24, 2.45) is 0 Å². The second-order valence-electron chi connectivity index (χ2n) is 3.34.